The second-order valence-electron chi connectivity index (χ2n) is 6.14. The number of halogens is 2. The van der Waals surface area contributed by atoms with Crippen molar-refractivity contribution in [1.82, 2.24) is 15.5 Å². The van der Waals surface area contributed by atoms with Gasteiger partial charge in [0.1, 0.15) is 0 Å². The van der Waals surface area contributed by atoms with Crippen molar-refractivity contribution in [2.75, 3.05) is 24.7 Å². The number of amides is 1. The average Bonchev–Trinajstić information content (AvgIpc) is 3.09. The molecule has 0 aliphatic carbocycles. The van der Waals surface area contributed by atoms with Crippen molar-refractivity contribution >= 4 is 42.5 Å². The molecule has 2 saturated heterocycles. The third-order valence-corrected chi connectivity index (χ3v) is 5.32. The Morgan fingerprint density at radius 1 is 1.12 bits per heavy atom. The van der Waals surface area contributed by atoms with Gasteiger partial charge in [-0.25, -0.2) is 0 Å². The fourth-order valence-electron chi connectivity index (χ4n) is 3.01. The SMILES string of the molecule is Cl.Cl.O=C(NCc1ccc(CN2CCCCC2)cc1)C1CSCN1. The smallest absolute Gasteiger partial charge is 0.238 e. The van der Waals surface area contributed by atoms with Crippen molar-refractivity contribution in [3.8, 4) is 0 Å². The summed E-state index contributed by atoms with van der Waals surface area (Å²) < 4.78 is 0. The first kappa shape index (κ1) is 21.6. The third-order valence-electron chi connectivity index (χ3n) is 4.38. The van der Waals surface area contributed by atoms with Crippen molar-refractivity contribution in [3.05, 3.63) is 35.4 Å². The average molecular weight is 392 g/mol. The van der Waals surface area contributed by atoms with E-state index in [9.17, 15) is 4.79 Å². The van der Waals surface area contributed by atoms with Crippen LogP contribution in [-0.4, -0.2) is 41.6 Å². The van der Waals surface area contributed by atoms with Gasteiger partial charge >= 0.3 is 0 Å². The highest BCUT2D eigenvalue weighted by molar-refractivity contribution is 7.99. The van der Waals surface area contributed by atoms with Gasteiger partial charge in [0.15, 0.2) is 0 Å². The van der Waals surface area contributed by atoms with E-state index in [-0.39, 0.29) is 36.8 Å². The Morgan fingerprint density at radius 2 is 1.79 bits per heavy atom. The van der Waals surface area contributed by atoms with E-state index in [1.54, 1.807) is 11.8 Å². The van der Waals surface area contributed by atoms with Crippen LogP contribution in [-0.2, 0) is 17.9 Å². The summed E-state index contributed by atoms with van der Waals surface area (Å²) in [6.45, 7) is 4.12. The molecule has 3 rings (SSSR count). The minimum absolute atomic E-state index is 0. The van der Waals surface area contributed by atoms with Gasteiger partial charge in [0.25, 0.3) is 0 Å². The zero-order valence-corrected chi connectivity index (χ0v) is 16.3. The second-order valence-corrected chi connectivity index (χ2v) is 7.17. The third kappa shape index (κ3) is 6.45. The van der Waals surface area contributed by atoms with Crippen LogP contribution >= 0.6 is 36.6 Å². The van der Waals surface area contributed by atoms with Crippen LogP contribution in [0.25, 0.3) is 0 Å². The van der Waals surface area contributed by atoms with E-state index in [0.29, 0.717) is 6.54 Å². The van der Waals surface area contributed by atoms with E-state index in [2.05, 4.69) is 39.8 Å². The molecule has 2 heterocycles. The summed E-state index contributed by atoms with van der Waals surface area (Å²) in [4.78, 5) is 14.5. The lowest BCUT2D eigenvalue weighted by Crippen LogP contribution is -2.41. The van der Waals surface area contributed by atoms with Crippen LogP contribution in [0.5, 0.6) is 0 Å². The Bertz CT molecular complexity index is 489. The van der Waals surface area contributed by atoms with Crippen molar-refractivity contribution in [2.24, 2.45) is 0 Å². The zero-order chi connectivity index (χ0) is 15.2. The van der Waals surface area contributed by atoms with Crippen LogP contribution in [0.2, 0.25) is 0 Å². The van der Waals surface area contributed by atoms with Gasteiger partial charge < -0.3 is 5.32 Å². The van der Waals surface area contributed by atoms with Crippen LogP contribution in [0.4, 0.5) is 0 Å². The molecule has 0 spiro atoms. The number of thioether (sulfide) groups is 1. The number of rotatable bonds is 5. The molecule has 1 aromatic carbocycles. The topological polar surface area (TPSA) is 44.4 Å². The quantitative estimate of drug-likeness (QED) is 0.809. The predicted molar refractivity (Wildman–Crippen MR) is 106 cm³/mol. The van der Waals surface area contributed by atoms with Crippen molar-refractivity contribution in [3.63, 3.8) is 0 Å². The second kappa shape index (κ2) is 11.2. The van der Waals surface area contributed by atoms with Crippen LogP contribution in [0, 0.1) is 0 Å². The number of carbonyl (C=O) groups is 1. The lowest BCUT2D eigenvalue weighted by molar-refractivity contribution is -0.122. The molecular weight excluding hydrogens is 365 g/mol. The summed E-state index contributed by atoms with van der Waals surface area (Å²) in [6, 6.07) is 8.63. The van der Waals surface area contributed by atoms with Gasteiger partial charge in [-0.3, -0.25) is 15.0 Å². The Morgan fingerprint density at radius 3 is 2.42 bits per heavy atom. The molecule has 2 aliphatic heterocycles. The number of piperidine rings is 1. The lowest BCUT2D eigenvalue weighted by atomic mass is 10.1. The molecule has 0 saturated carbocycles. The molecule has 1 unspecified atom stereocenters. The van der Waals surface area contributed by atoms with E-state index in [0.717, 1.165) is 18.2 Å². The maximum absolute atomic E-state index is 12.0. The highest BCUT2D eigenvalue weighted by Gasteiger charge is 2.21. The number of benzene rings is 1. The van der Waals surface area contributed by atoms with Crippen LogP contribution in [0.1, 0.15) is 30.4 Å². The first-order chi connectivity index (χ1) is 10.8. The molecule has 2 fully saturated rings. The molecule has 0 bridgehead atoms. The molecule has 2 N–H and O–H groups in total. The normalized spacial score (nSPS) is 20.8. The molecule has 4 nitrogen and oxygen atoms in total. The molecule has 0 radical (unpaired) electrons. The molecule has 1 amide bonds. The Hall–Kier alpha value is -0.460. The summed E-state index contributed by atoms with van der Waals surface area (Å²) in [5, 5.41) is 6.21. The van der Waals surface area contributed by atoms with Crippen molar-refractivity contribution in [1.29, 1.82) is 0 Å². The fraction of sp³-hybridized carbons (Fsp3) is 0.588. The van der Waals surface area contributed by atoms with Gasteiger partial charge in [0.05, 0.1) is 6.04 Å². The number of hydrogen-bond donors (Lipinski definition) is 2. The van der Waals surface area contributed by atoms with Gasteiger partial charge in [-0.05, 0) is 37.1 Å². The Balaban J connectivity index is 0.00000144. The monoisotopic (exact) mass is 391 g/mol. The van der Waals surface area contributed by atoms with Gasteiger partial charge in [-0.15, -0.1) is 36.6 Å². The predicted octanol–water partition coefficient (Wildman–Crippen LogP) is 2.79. The van der Waals surface area contributed by atoms with E-state index < -0.39 is 0 Å². The van der Waals surface area contributed by atoms with E-state index in [4.69, 9.17) is 0 Å². The van der Waals surface area contributed by atoms with E-state index in [1.165, 1.54) is 43.5 Å². The fourth-order valence-corrected chi connectivity index (χ4v) is 3.96. The van der Waals surface area contributed by atoms with Gasteiger partial charge in [-0.1, -0.05) is 30.7 Å². The summed E-state index contributed by atoms with van der Waals surface area (Å²) in [6.07, 6.45) is 4.04. The lowest BCUT2D eigenvalue weighted by Gasteiger charge is -2.26. The number of nitrogens with zero attached hydrogens (tertiary/aromatic N) is 1. The summed E-state index contributed by atoms with van der Waals surface area (Å²) in [5.41, 5.74) is 2.53. The maximum atomic E-state index is 12.0. The highest BCUT2D eigenvalue weighted by atomic mass is 35.5. The van der Waals surface area contributed by atoms with E-state index >= 15 is 0 Å². The maximum Gasteiger partial charge on any atom is 0.238 e. The number of likely N-dealkylation sites (tertiary alicyclic amines) is 1. The standard InChI is InChI=1S/C17H25N3OS.2ClH/c21-17(16-12-22-13-19-16)18-10-14-4-6-15(7-5-14)11-20-8-2-1-3-9-20;;/h4-7,16,19H,1-3,8-13H2,(H,18,21);2*1H. The first-order valence-corrected chi connectivity index (χ1v) is 9.36. The summed E-state index contributed by atoms with van der Waals surface area (Å²) in [5.74, 6) is 1.87. The molecular formula is C17H27Cl2N3OS. The van der Waals surface area contributed by atoms with Gasteiger partial charge in [0.2, 0.25) is 5.91 Å². The Labute approximate surface area is 161 Å². The van der Waals surface area contributed by atoms with Crippen LogP contribution in [0.15, 0.2) is 24.3 Å². The van der Waals surface area contributed by atoms with Gasteiger partial charge in [-0.2, -0.15) is 0 Å². The number of hydrogen-bond acceptors (Lipinski definition) is 4. The van der Waals surface area contributed by atoms with Crippen molar-refractivity contribution in [2.45, 2.75) is 38.4 Å². The minimum atomic E-state index is -0.0247. The number of carbonyl (C=O) groups excluding carboxylic acids is 1. The molecule has 1 atom stereocenters. The van der Waals surface area contributed by atoms with Gasteiger partial charge in [0, 0.05) is 24.7 Å². The number of nitrogens with one attached hydrogen (secondary N) is 2. The largest absolute Gasteiger partial charge is 0.351 e. The molecule has 0 aromatic heterocycles. The molecule has 2 aliphatic rings. The van der Waals surface area contributed by atoms with Crippen molar-refractivity contribution < 1.29 is 4.79 Å². The molecule has 24 heavy (non-hydrogen) atoms. The minimum Gasteiger partial charge on any atom is -0.351 e. The Kier molecular flexibility index (Phi) is 10.1. The molecule has 1 aromatic rings. The highest BCUT2D eigenvalue weighted by Crippen LogP contribution is 2.14. The molecule has 7 heteroatoms. The zero-order valence-electron chi connectivity index (χ0n) is 13.8. The van der Waals surface area contributed by atoms with Crippen LogP contribution < -0.4 is 10.6 Å². The first-order valence-electron chi connectivity index (χ1n) is 8.20. The molecule has 136 valence electrons. The summed E-state index contributed by atoms with van der Waals surface area (Å²) >= 11 is 1.77. The van der Waals surface area contributed by atoms with E-state index in [1.807, 2.05) is 0 Å². The summed E-state index contributed by atoms with van der Waals surface area (Å²) in [7, 11) is 0. The van der Waals surface area contributed by atoms with Crippen LogP contribution in [0.3, 0.4) is 0 Å².